The maximum atomic E-state index is 10.8. The van der Waals surface area contributed by atoms with Gasteiger partial charge in [-0.25, -0.2) is 9.78 Å². The molecule has 0 aliphatic rings. The fraction of sp³-hybridized carbons (Fsp3) is 0.250. The molecule has 82 valence electrons. The van der Waals surface area contributed by atoms with Crippen LogP contribution in [0.1, 0.15) is 0 Å². The minimum Gasteiger partial charge on any atom is -0.479 e. The fourth-order valence-electron chi connectivity index (χ4n) is 0.643. The lowest BCUT2D eigenvalue weighted by Crippen LogP contribution is -2.45. The number of nitrogens with zero attached hydrogens (tertiary/aromatic N) is 1. The van der Waals surface area contributed by atoms with Crippen molar-refractivity contribution in [3.63, 3.8) is 0 Å². The van der Waals surface area contributed by atoms with E-state index in [9.17, 15) is 4.79 Å². The Morgan fingerprint density at radius 1 is 1.67 bits per heavy atom. The van der Waals surface area contributed by atoms with Gasteiger partial charge in [0, 0.05) is 11.9 Å². The Morgan fingerprint density at radius 3 is 2.87 bits per heavy atom. The number of pyridine rings is 1. The molecule has 3 N–H and O–H groups in total. The molecule has 0 fully saturated rings. The normalized spacial score (nSPS) is 14.5. The first-order chi connectivity index (χ1) is 7.08. The van der Waals surface area contributed by atoms with Crippen LogP contribution in [0.3, 0.4) is 0 Å². The molecule has 7 heteroatoms. The average molecular weight is 262 g/mol. The molecule has 15 heavy (non-hydrogen) atoms. The van der Waals surface area contributed by atoms with Crippen LogP contribution in [0.2, 0.25) is 0 Å². The number of aromatic nitrogens is 1. The van der Waals surface area contributed by atoms with E-state index in [4.69, 9.17) is 10.8 Å². The summed E-state index contributed by atoms with van der Waals surface area (Å²) >= 11 is 3.93. The van der Waals surface area contributed by atoms with Gasteiger partial charge >= 0.3 is 5.97 Å². The van der Waals surface area contributed by atoms with Gasteiger partial charge in [-0.1, -0.05) is 16.9 Å². The summed E-state index contributed by atoms with van der Waals surface area (Å²) in [5.74, 6) is -1.02. The molecule has 0 saturated carbocycles. The Morgan fingerprint density at radius 2 is 2.40 bits per heavy atom. The Labute approximate surface area is 101 Å². The number of nitrogens with two attached hydrogens (primary N) is 1. The standard InChI is InChI=1S/C8H10N2O2S3/c9-8(5-13,7(11)12)15-14-6-3-1-2-4-10-6/h1-4,13H,5,9H2,(H,11,12). The van der Waals surface area contributed by atoms with Crippen LogP contribution in [0.5, 0.6) is 0 Å². The Balaban J connectivity index is 2.59. The number of aliphatic carboxylic acids is 1. The minimum atomic E-state index is -1.38. The van der Waals surface area contributed by atoms with Crippen LogP contribution < -0.4 is 5.73 Å². The summed E-state index contributed by atoms with van der Waals surface area (Å²) in [6, 6.07) is 5.41. The van der Waals surface area contributed by atoms with Crippen molar-refractivity contribution in [2.45, 2.75) is 9.90 Å². The number of thiol groups is 1. The van der Waals surface area contributed by atoms with E-state index in [1.54, 1.807) is 18.3 Å². The summed E-state index contributed by atoms with van der Waals surface area (Å²) < 4.78 is 0. The molecule has 4 nitrogen and oxygen atoms in total. The third kappa shape index (κ3) is 3.60. The first-order valence-corrected chi connectivity index (χ1v) is 6.76. The van der Waals surface area contributed by atoms with Crippen molar-refractivity contribution in [2.24, 2.45) is 5.73 Å². The van der Waals surface area contributed by atoms with Gasteiger partial charge in [-0.2, -0.15) is 12.6 Å². The highest BCUT2D eigenvalue weighted by Crippen LogP contribution is 2.37. The van der Waals surface area contributed by atoms with Gasteiger partial charge in [-0.3, -0.25) is 0 Å². The number of carboxylic acid groups (broad SMARTS) is 1. The zero-order chi connectivity index (χ0) is 11.3. The second kappa shape index (κ2) is 5.64. The maximum absolute atomic E-state index is 10.8. The van der Waals surface area contributed by atoms with Crippen LogP contribution in [0.25, 0.3) is 0 Å². The van der Waals surface area contributed by atoms with Crippen molar-refractivity contribution in [3.05, 3.63) is 24.4 Å². The average Bonchev–Trinajstić information content (AvgIpc) is 2.27. The van der Waals surface area contributed by atoms with E-state index < -0.39 is 10.8 Å². The highest BCUT2D eigenvalue weighted by atomic mass is 33.1. The summed E-state index contributed by atoms with van der Waals surface area (Å²) in [6.07, 6.45) is 1.64. The number of hydrogen-bond donors (Lipinski definition) is 3. The summed E-state index contributed by atoms with van der Waals surface area (Å²) in [6.45, 7) is 0. The van der Waals surface area contributed by atoms with Crippen LogP contribution in [0, 0.1) is 0 Å². The van der Waals surface area contributed by atoms with Gasteiger partial charge in [0.2, 0.25) is 0 Å². The quantitative estimate of drug-likeness (QED) is 0.424. The van der Waals surface area contributed by atoms with E-state index in [0.717, 1.165) is 15.8 Å². The Bertz CT molecular complexity index is 336. The zero-order valence-electron chi connectivity index (χ0n) is 7.66. The summed E-state index contributed by atoms with van der Waals surface area (Å²) in [5, 5.41) is 9.60. The first kappa shape index (κ1) is 12.7. The highest BCUT2D eigenvalue weighted by Gasteiger charge is 2.34. The molecule has 0 aromatic carbocycles. The molecule has 1 aromatic rings. The van der Waals surface area contributed by atoms with Crippen molar-refractivity contribution in [2.75, 3.05) is 5.75 Å². The lowest BCUT2D eigenvalue weighted by molar-refractivity contribution is -0.139. The van der Waals surface area contributed by atoms with Gasteiger partial charge in [0.1, 0.15) is 5.03 Å². The van der Waals surface area contributed by atoms with E-state index in [1.165, 1.54) is 10.8 Å². The lowest BCUT2D eigenvalue weighted by Gasteiger charge is -2.20. The second-order valence-electron chi connectivity index (χ2n) is 2.69. The lowest BCUT2D eigenvalue weighted by atomic mass is 10.4. The number of hydrogen-bond acceptors (Lipinski definition) is 6. The summed E-state index contributed by atoms with van der Waals surface area (Å²) in [4.78, 5) is 13.5. The molecule has 0 amide bonds. The van der Waals surface area contributed by atoms with Crippen molar-refractivity contribution >= 4 is 40.2 Å². The minimum absolute atomic E-state index is 0.0623. The number of carboxylic acids is 1. The van der Waals surface area contributed by atoms with Crippen LogP contribution in [-0.4, -0.2) is 26.7 Å². The highest BCUT2D eigenvalue weighted by molar-refractivity contribution is 8.77. The van der Waals surface area contributed by atoms with Gasteiger partial charge < -0.3 is 10.8 Å². The monoisotopic (exact) mass is 262 g/mol. The molecule has 0 aliphatic carbocycles. The van der Waals surface area contributed by atoms with E-state index in [0.29, 0.717) is 0 Å². The summed E-state index contributed by atoms with van der Waals surface area (Å²) in [5.41, 5.74) is 5.63. The molecule has 0 radical (unpaired) electrons. The molecule has 1 heterocycles. The Kier molecular flexibility index (Phi) is 4.78. The zero-order valence-corrected chi connectivity index (χ0v) is 10.2. The first-order valence-electron chi connectivity index (χ1n) is 3.98. The van der Waals surface area contributed by atoms with Crippen molar-refractivity contribution in [3.8, 4) is 0 Å². The van der Waals surface area contributed by atoms with Crippen LogP contribution in [-0.2, 0) is 4.79 Å². The predicted molar refractivity (Wildman–Crippen MR) is 66.1 cm³/mol. The molecular weight excluding hydrogens is 252 g/mol. The summed E-state index contributed by atoms with van der Waals surface area (Å²) in [7, 11) is 2.27. The molecular formula is C8H10N2O2S3. The topological polar surface area (TPSA) is 76.2 Å². The van der Waals surface area contributed by atoms with E-state index in [2.05, 4.69) is 17.6 Å². The smallest absolute Gasteiger partial charge is 0.335 e. The van der Waals surface area contributed by atoms with E-state index in [-0.39, 0.29) is 5.75 Å². The van der Waals surface area contributed by atoms with E-state index in [1.807, 2.05) is 6.07 Å². The van der Waals surface area contributed by atoms with Gasteiger partial charge in [0.15, 0.2) is 4.87 Å². The molecule has 0 bridgehead atoms. The largest absolute Gasteiger partial charge is 0.479 e. The van der Waals surface area contributed by atoms with Crippen molar-refractivity contribution < 1.29 is 9.90 Å². The molecule has 1 rings (SSSR count). The molecule has 1 aromatic heterocycles. The van der Waals surface area contributed by atoms with Gasteiger partial charge in [-0.05, 0) is 22.9 Å². The van der Waals surface area contributed by atoms with Crippen LogP contribution in [0.15, 0.2) is 29.4 Å². The van der Waals surface area contributed by atoms with Gasteiger partial charge in [0.25, 0.3) is 0 Å². The number of rotatable bonds is 5. The SMILES string of the molecule is NC(CS)(SSc1ccccn1)C(=O)O. The Hall–Kier alpha value is -0.370. The van der Waals surface area contributed by atoms with Crippen molar-refractivity contribution in [1.29, 1.82) is 0 Å². The van der Waals surface area contributed by atoms with Crippen LogP contribution >= 0.6 is 34.2 Å². The maximum Gasteiger partial charge on any atom is 0.335 e. The molecule has 0 saturated heterocycles. The predicted octanol–water partition coefficient (Wildman–Crippen LogP) is 1.49. The third-order valence-corrected chi connectivity index (χ3v) is 4.99. The molecule has 1 unspecified atom stereocenters. The third-order valence-electron chi connectivity index (χ3n) is 1.51. The van der Waals surface area contributed by atoms with Gasteiger partial charge in [-0.15, -0.1) is 0 Å². The van der Waals surface area contributed by atoms with Crippen LogP contribution in [0.4, 0.5) is 0 Å². The molecule has 1 atom stereocenters. The fourth-order valence-corrected chi connectivity index (χ4v) is 3.22. The van der Waals surface area contributed by atoms with Crippen molar-refractivity contribution in [1.82, 2.24) is 4.98 Å². The number of carbonyl (C=O) groups is 1. The van der Waals surface area contributed by atoms with E-state index >= 15 is 0 Å². The molecule has 0 spiro atoms. The second-order valence-corrected chi connectivity index (χ2v) is 5.48. The van der Waals surface area contributed by atoms with Gasteiger partial charge in [0.05, 0.1) is 0 Å². The molecule has 0 aliphatic heterocycles.